The van der Waals surface area contributed by atoms with Crippen LogP contribution in [0.1, 0.15) is 17.3 Å². The van der Waals surface area contributed by atoms with Crippen molar-refractivity contribution >= 4 is 21.6 Å². The summed E-state index contributed by atoms with van der Waals surface area (Å²) in [7, 11) is -3.70. The fourth-order valence-corrected chi connectivity index (χ4v) is 3.77. The molecular formula is C17H20N4O3S. The Morgan fingerprint density at radius 2 is 1.88 bits per heavy atom. The number of piperazine rings is 1. The summed E-state index contributed by atoms with van der Waals surface area (Å²) in [6, 6.07) is 9.39. The van der Waals surface area contributed by atoms with Gasteiger partial charge in [-0.25, -0.2) is 8.42 Å². The van der Waals surface area contributed by atoms with Crippen LogP contribution in [-0.2, 0) is 10.0 Å². The highest BCUT2D eigenvalue weighted by Crippen LogP contribution is 2.17. The number of amides is 1. The van der Waals surface area contributed by atoms with E-state index >= 15 is 0 Å². The maximum absolute atomic E-state index is 12.5. The molecule has 1 atom stereocenters. The summed E-state index contributed by atoms with van der Waals surface area (Å²) in [5, 5.41) is 3.28. The van der Waals surface area contributed by atoms with Gasteiger partial charge in [-0.15, -0.1) is 0 Å². The number of rotatable bonds is 4. The first kappa shape index (κ1) is 17.4. The van der Waals surface area contributed by atoms with Gasteiger partial charge in [-0.1, -0.05) is 0 Å². The Hall–Kier alpha value is -2.45. The zero-order valence-corrected chi connectivity index (χ0v) is 14.7. The number of hydrogen-bond acceptors (Lipinski definition) is 5. The van der Waals surface area contributed by atoms with Crippen molar-refractivity contribution in [2.75, 3.05) is 24.4 Å². The van der Waals surface area contributed by atoms with Crippen molar-refractivity contribution in [2.45, 2.75) is 17.9 Å². The molecule has 0 bridgehead atoms. The highest BCUT2D eigenvalue weighted by molar-refractivity contribution is 7.92. The molecule has 8 heteroatoms. The van der Waals surface area contributed by atoms with Crippen LogP contribution in [-0.4, -0.2) is 49.9 Å². The molecule has 1 amide bonds. The summed E-state index contributed by atoms with van der Waals surface area (Å²) < 4.78 is 27.3. The van der Waals surface area contributed by atoms with E-state index in [1.807, 2.05) is 6.92 Å². The number of sulfonamides is 1. The van der Waals surface area contributed by atoms with E-state index in [-0.39, 0.29) is 16.8 Å². The molecule has 132 valence electrons. The standard InChI is InChI=1S/C17H20N4O3S/c1-13-12-21(11-10-19-13)17(22)14-2-4-16(5-3-14)25(23,24)20-15-6-8-18-9-7-15/h2-9,13,19H,10-12H2,1H3,(H,18,20). The fraction of sp³-hybridized carbons (Fsp3) is 0.294. The van der Waals surface area contributed by atoms with Crippen molar-refractivity contribution in [3.8, 4) is 0 Å². The third kappa shape index (κ3) is 4.15. The van der Waals surface area contributed by atoms with E-state index in [9.17, 15) is 13.2 Å². The quantitative estimate of drug-likeness (QED) is 0.858. The maximum atomic E-state index is 12.5. The first-order valence-electron chi connectivity index (χ1n) is 8.01. The molecule has 0 saturated carbocycles. The van der Waals surface area contributed by atoms with Gasteiger partial charge in [0.2, 0.25) is 0 Å². The predicted molar refractivity (Wildman–Crippen MR) is 94.9 cm³/mol. The molecule has 7 nitrogen and oxygen atoms in total. The van der Waals surface area contributed by atoms with Crippen molar-refractivity contribution in [3.05, 3.63) is 54.4 Å². The van der Waals surface area contributed by atoms with Gasteiger partial charge in [-0.2, -0.15) is 0 Å². The van der Waals surface area contributed by atoms with Crippen molar-refractivity contribution in [1.82, 2.24) is 15.2 Å². The maximum Gasteiger partial charge on any atom is 0.261 e. The summed E-state index contributed by atoms with van der Waals surface area (Å²) >= 11 is 0. The van der Waals surface area contributed by atoms with Crippen LogP contribution in [0.3, 0.4) is 0 Å². The van der Waals surface area contributed by atoms with Crippen LogP contribution in [0.15, 0.2) is 53.7 Å². The lowest BCUT2D eigenvalue weighted by Crippen LogP contribution is -2.51. The molecule has 0 aliphatic carbocycles. The van der Waals surface area contributed by atoms with E-state index in [0.717, 1.165) is 6.54 Å². The number of hydrogen-bond donors (Lipinski definition) is 2. The Morgan fingerprint density at radius 1 is 1.20 bits per heavy atom. The summed E-state index contributed by atoms with van der Waals surface area (Å²) in [6.45, 7) is 4.07. The molecule has 1 unspecified atom stereocenters. The summed E-state index contributed by atoms with van der Waals surface area (Å²) in [6.07, 6.45) is 3.02. The van der Waals surface area contributed by atoms with Gasteiger partial charge in [0.15, 0.2) is 0 Å². The van der Waals surface area contributed by atoms with Crippen molar-refractivity contribution < 1.29 is 13.2 Å². The topological polar surface area (TPSA) is 91.4 Å². The van der Waals surface area contributed by atoms with Gasteiger partial charge in [0.1, 0.15) is 0 Å². The lowest BCUT2D eigenvalue weighted by molar-refractivity contribution is 0.0709. The van der Waals surface area contributed by atoms with Crippen LogP contribution < -0.4 is 10.0 Å². The second kappa shape index (κ2) is 7.20. The molecule has 2 aromatic rings. The molecule has 2 heterocycles. The Bertz CT molecular complexity index is 838. The number of benzene rings is 1. The Balaban J connectivity index is 1.74. The molecule has 0 radical (unpaired) electrons. The first-order valence-corrected chi connectivity index (χ1v) is 9.49. The monoisotopic (exact) mass is 360 g/mol. The predicted octanol–water partition coefficient (Wildman–Crippen LogP) is 1.32. The van der Waals surface area contributed by atoms with E-state index in [1.54, 1.807) is 29.2 Å². The molecule has 1 saturated heterocycles. The van der Waals surface area contributed by atoms with Gasteiger partial charge in [-0.05, 0) is 43.3 Å². The third-order valence-corrected chi connectivity index (χ3v) is 5.40. The van der Waals surface area contributed by atoms with Crippen molar-refractivity contribution in [1.29, 1.82) is 0 Å². The number of carbonyl (C=O) groups excluding carboxylic acids is 1. The van der Waals surface area contributed by atoms with Gasteiger partial charge in [0, 0.05) is 43.6 Å². The van der Waals surface area contributed by atoms with Crippen LogP contribution in [0.4, 0.5) is 5.69 Å². The number of carbonyl (C=O) groups is 1. The third-order valence-electron chi connectivity index (χ3n) is 4.00. The minimum atomic E-state index is -3.70. The highest BCUT2D eigenvalue weighted by Gasteiger charge is 2.22. The Kier molecular flexibility index (Phi) is 5.00. The second-order valence-corrected chi connectivity index (χ2v) is 7.65. The number of nitrogens with zero attached hydrogens (tertiary/aromatic N) is 2. The average molecular weight is 360 g/mol. The van der Waals surface area contributed by atoms with E-state index < -0.39 is 10.0 Å². The lowest BCUT2D eigenvalue weighted by atomic mass is 10.1. The van der Waals surface area contributed by atoms with Crippen LogP contribution in [0.2, 0.25) is 0 Å². The molecule has 1 fully saturated rings. The summed E-state index contributed by atoms with van der Waals surface area (Å²) in [5.74, 6) is -0.0839. The number of anilines is 1. The first-order chi connectivity index (χ1) is 12.0. The molecule has 1 aliphatic rings. The smallest absolute Gasteiger partial charge is 0.261 e. The van der Waals surface area contributed by atoms with E-state index in [0.29, 0.717) is 24.3 Å². The largest absolute Gasteiger partial charge is 0.336 e. The summed E-state index contributed by atoms with van der Waals surface area (Å²) in [5.41, 5.74) is 0.918. The number of nitrogens with one attached hydrogen (secondary N) is 2. The highest BCUT2D eigenvalue weighted by atomic mass is 32.2. The van der Waals surface area contributed by atoms with Gasteiger partial charge in [-0.3, -0.25) is 14.5 Å². The SMILES string of the molecule is CC1CN(C(=O)c2ccc(S(=O)(=O)Nc3ccncc3)cc2)CCN1. The van der Waals surface area contributed by atoms with Gasteiger partial charge < -0.3 is 10.2 Å². The van der Waals surface area contributed by atoms with E-state index in [1.165, 1.54) is 24.5 Å². The fourth-order valence-electron chi connectivity index (χ4n) is 2.71. The molecule has 3 rings (SSSR count). The summed E-state index contributed by atoms with van der Waals surface area (Å²) in [4.78, 5) is 18.3. The van der Waals surface area contributed by atoms with Gasteiger partial charge in [0.25, 0.3) is 15.9 Å². The van der Waals surface area contributed by atoms with Gasteiger partial charge >= 0.3 is 0 Å². The minimum absolute atomic E-state index is 0.0839. The molecule has 1 aromatic carbocycles. The van der Waals surface area contributed by atoms with Crippen LogP contribution in [0, 0.1) is 0 Å². The number of pyridine rings is 1. The molecule has 1 aromatic heterocycles. The van der Waals surface area contributed by atoms with Crippen molar-refractivity contribution in [3.63, 3.8) is 0 Å². The average Bonchev–Trinajstić information content (AvgIpc) is 2.62. The molecule has 0 spiro atoms. The zero-order valence-electron chi connectivity index (χ0n) is 13.8. The minimum Gasteiger partial charge on any atom is -0.336 e. The Labute approximate surface area is 147 Å². The van der Waals surface area contributed by atoms with Crippen LogP contribution >= 0.6 is 0 Å². The number of aromatic nitrogens is 1. The van der Waals surface area contributed by atoms with E-state index in [4.69, 9.17) is 0 Å². The molecule has 1 aliphatic heterocycles. The van der Waals surface area contributed by atoms with Crippen LogP contribution in [0.25, 0.3) is 0 Å². The van der Waals surface area contributed by atoms with Crippen LogP contribution in [0.5, 0.6) is 0 Å². The van der Waals surface area contributed by atoms with Crippen molar-refractivity contribution in [2.24, 2.45) is 0 Å². The molecular weight excluding hydrogens is 340 g/mol. The van der Waals surface area contributed by atoms with Gasteiger partial charge in [0.05, 0.1) is 10.6 Å². The Morgan fingerprint density at radius 3 is 2.52 bits per heavy atom. The van der Waals surface area contributed by atoms with E-state index in [2.05, 4.69) is 15.0 Å². The molecule has 2 N–H and O–H groups in total. The zero-order chi connectivity index (χ0) is 17.9. The molecule has 25 heavy (non-hydrogen) atoms. The second-order valence-electron chi connectivity index (χ2n) is 5.97. The lowest BCUT2D eigenvalue weighted by Gasteiger charge is -2.32. The normalized spacial score (nSPS) is 18.0.